The Hall–Kier alpha value is -3.73. The van der Waals surface area contributed by atoms with E-state index >= 15 is 0 Å². The lowest BCUT2D eigenvalue weighted by Gasteiger charge is -2.11. The Morgan fingerprint density at radius 3 is 2.25 bits per heavy atom. The Bertz CT molecular complexity index is 1010. The van der Waals surface area contributed by atoms with Gasteiger partial charge in [0.2, 0.25) is 0 Å². The molecular formula is C23H19NO4. The van der Waals surface area contributed by atoms with Gasteiger partial charge in [-0.15, -0.1) is 0 Å². The summed E-state index contributed by atoms with van der Waals surface area (Å²) in [7, 11) is 0. The fourth-order valence-electron chi connectivity index (χ4n) is 2.67. The lowest BCUT2D eigenvalue weighted by molar-refractivity contribution is 0.0475. The number of aryl methyl sites for hydroxylation is 1. The number of anilines is 1. The zero-order valence-electron chi connectivity index (χ0n) is 15.3. The molecule has 0 bridgehead atoms. The quantitative estimate of drug-likeness (QED) is 0.517. The van der Waals surface area contributed by atoms with Crippen LogP contribution in [0, 0.1) is 6.92 Å². The van der Waals surface area contributed by atoms with Crippen LogP contribution in [0.4, 0.5) is 5.69 Å². The first-order valence-corrected chi connectivity index (χ1v) is 8.77. The number of Topliss-reactive ketones (excluding diaryl/α,β-unsaturated/α-hetero) is 1. The van der Waals surface area contributed by atoms with E-state index in [4.69, 9.17) is 4.74 Å². The molecule has 3 aromatic carbocycles. The lowest BCUT2D eigenvalue weighted by atomic mass is 10.1. The second-order valence-corrected chi connectivity index (χ2v) is 6.23. The molecule has 28 heavy (non-hydrogen) atoms. The molecule has 3 rings (SSSR count). The van der Waals surface area contributed by atoms with Crippen LogP contribution in [0.25, 0.3) is 0 Å². The molecular weight excluding hydrogens is 354 g/mol. The van der Waals surface area contributed by atoms with Gasteiger partial charge in [-0.3, -0.25) is 9.59 Å². The van der Waals surface area contributed by atoms with Crippen molar-refractivity contribution in [1.29, 1.82) is 0 Å². The number of ketones is 1. The van der Waals surface area contributed by atoms with Crippen molar-refractivity contribution < 1.29 is 19.1 Å². The average Bonchev–Trinajstić information content (AvgIpc) is 2.72. The monoisotopic (exact) mass is 373 g/mol. The van der Waals surface area contributed by atoms with Gasteiger partial charge < -0.3 is 10.1 Å². The summed E-state index contributed by atoms with van der Waals surface area (Å²) in [6.07, 6.45) is 0. The van der Waals surface area contributed by atoms with Gasteiger partial charge in [-0.1, -0.05) is 60.2 Å². The minimum Gasteiger partial charge on any atom is -0.454 e. The topological polar surface area (TPSA) is 72.5 Å². The van der Waals surface area contributed by atoms with Crippen LogP contribution in [0.5, 0.6) is 0 Å². The maximum Gasteiger partial charge on any atom is 0.340 e. The Labute approximate surface area is 163 Å². The molecule has 0 aromatic heterocycles. The first kappa shape index (κ1) is 19.0. The van der Waals surface area contributed by atoms with Crippen molar-refractivity contribution in [2.75, 3.05) is 11.9 Å². The molecule has 0 aliphatic carbocycles. The predicted molar refractivity (Wildman–Crippen MR) is 107 cm³/mol. The third kappa shape index (κ3) is 4.71. The van der Waals surface area contributed by atoms with E-state index in [-0.39, 0.29) is 23.9 Å². The van der Waals surface area contributed by atoms with E-state index in [1.807, 2.05) is 13.0 Å². The number of rotatable bonds is 6. The van der Waals surface area contributed by atoms with Crippen molar-refractivity contribution in [2.24, 2.45) is 0 Å². The Morgan fingerprint density at radius 2 is 1.50 bits per heavy atom. The summed E-state index contributed by atoms with van der Waals surface area (Å²) in [4.78, 5) is 37.0. The minimum absolute atomic E-state index is 0.185. The van der Waals surface area contributed by atoms with Crippen molar-refractivity contribution in [3.63, 3.8) is 0 Å². The second kappa shape index (κ2) is 8.77. The van der Waals surface area contributed by atoms with E-state index in [9.17, 15) is 14.4 Å². The largest absolute Gasteiger partial charge is 0.454 e. The SMILES string of the molecule is Cc1cccc(C(=O)Nc2ccccc2C(=O)OCC(=O)c2ccccc2)c1. The van der Waals surface area contributed by atoms with E-state index in [1.54, 1.807) is 72.8 Å². The minimum atomic E-state index is -0.676. The summed E-state index contributed by atoms with van der Waals surface area (Å²) >= 11 is 0. The number of carbonyl (C=O) groups excluding carboxylic acids is 3. The smallest absolute Gasteiger partial charge is 0.340 e. The van der Waals surface area contributed by atoms with Gasteiger partial charge in [-0.2, -0.15) is 0 Å². The number of carbonyl (C=O) groups is 3. The summed E-state index contributed by atoms with van der Waals surface area (Å²) in [5, 5.41) is 2.73. The highest BCUT2D eigenvalue weighted by atomic mass is 16.5. The first-order chi connectivity index (χ1) is 13.5. The molecule has 0 radical (unpaired) electrons. The number of nitrogens with one attached hydrogen (secondary N) is 1. The maximum absolute atomic E-state index is 12.5. The fourth-order valence-corrected chi connectivity index (χ4v) is 2.67. The summed E-state index contributed by atoms with van der Waals surface area (Å²) in [5.74, 6) is -1.30. The third-order valence-corrected chi connectivity index (χ3v) is 4.11. The zero-order valence-corrected chi connectivity index (χ0v) is 15.3. The molecule has 0 fully saturated rings. The predicted octanol–water partition coefficient (Wildman–Crippen LogP) is 4.29. The van der Waals surface area contributed by atoms with Crippen LogP contribution in [-0.2, 0) is 4.74 Å². The van der Waals surface area contributed by atoms with E-state index in [2.05, 4.69) is 5.32 Å². The van der Waals surface area contributed by atoms with Crippen molar-refractivity contribution in [3.05, 3.63) is 101 Å². The summed E-state index contributed by atoms with van der Waals surface area (Å²) in [6.45, 7) is 1.52. The lowest BCUT2D eigenvalue weighted by Crippen LogP contribution is -2.18. The van der Waals surface area contributed by atoms with Gasteiger partial charge in [-0.05, 0) is 31.2 Å². The van der Waals surface area contributed by atoms with Gasteiger partial charge in [-0.25, -0.2) is 4.79 Å². The van der Waals surface area contributed by atoms with Gasteiger partial charge >= 0.3 is 5.97 Å². The Kier molecular flexibility index (Phi) is 5.97. The van der Waals surface area contributed by atoms with Gasteiger partial charge in [0, 0.05) is 11.1 Å². The summed E-state index contributed by atoms with van der Waals surface area (Å²) < 4.78 is 5.15. The first-order valence-electron chi connectivity index (χ1n) is 8.77. The molecule has 140 valence electrons. The average molecular weight is 373 g/mol. The number of para-hydroxylation sites is 1. The summed E-state index contributed by atoms with van der Waals surface area (Å²) in [6, 6.07) is 22.3. The number of esters is 1. The van der Waals surface area contributed by atoms with Crippen LogP contribution in [-0.4, -0.2) is 24.3 Å². The van der Waals surface area contributed by atoms with Crippen LogP contribution in [0.2, 0.25) is 0 Å². The Morgan fingerprint density at radius 1 is 0.821 bits per heavy atom. The molecule has 1 amide bonds. The molecule has 3 aromatic rings. The molecule has 0 unspecified atom stereocenters. The highest BCUT2D eigenvalue weighted by Gasteiger charge is 2.17. The number of hydrogen-bond donors (Lipinski definition) is 1. The number of hydrogen-bond acceptors (Lipinski definition) is 4. The van der Waals surface area contributed by atoms with Crippen LogP contribution in [0.3, 0.4) is 0 Å². The molecule has 0 aliphatic heterocycles. The molecule has 0 atom stereocenters. The van der Waals surface area contributed by atoms with Crippen molar-refractivity contribution in [1.82, 2.24) is 0 Å². The van der Waals surface area contributed by atoms with Crippen LogP contribution in [0.15, 0.2) is 78.9 Å². The van der Waals surface area contributed by atoms with Crippen LogP contribution in [0.1, 0.15) is 36.6 Å². The standard InChI is InChI=1S/C23H19NO4/c1-16-8-7-11-18(14-16)22(26)24-20-13-6-5-12-19(20)23(27)28-15-21(25)17-9-3-2-4-10-17/h2-14H,15H2,1H3,(H,24,26). The van der Waals surface area contributed by atoms with Crippen LogP contribution < -0.4 is 5.32 Å². The molecule has 0 saturated heterocycles. The van der Waals surface area contributed by atoms with Gasteiger partial charge in [0.15, 0.2) is 12.4 Å². The van der Waals surface area contributed by atoms with E-state index in [1.165, 1.54) is 0 Å². The normalized spacial score (nSPS) is 10.2. The Balaban J connectivity index is 1.70. The van der Waals surface area contributed by atoms with Gasteiger partial charge in [0.25, 0.3) is 5.91 Å². The molecule has 0 aliphatic rings. The highest BCUT2D eigenvalue weighted by Crippen LogP contribution is 2.18. The second-order valence-electron chi connectivity index (χ2n) is 6.23. The number of amides is 1. The van der Waals surface area contributed by atoms with Gasteiger partial charge in [0.1, 0.15) is 0 Å². The number of benzene rings is 3. The highest BCUT2D eigenvalue weighted by molar-refractivity contribution is 6.08. The van der Waals surface area contributed by atoms with Crippen molar-refractivity contribution >= 4 is 23.3 Å². The molecule has 5 heteroatoms. The zero-order chi connectivity index (χ0) is 19.9. The molecule has 0 saturated carbocycles. The maximum atomic E-state index is 12.5. The van der Waals surface area contributed by atoms with Crippen LogP contribution >= 0.6 is 0 Å². The molecule has 0 heterocycles. The van der Waals surface area contributed by atoms with E-state index in [0.717, 1.165) is 5.56 Å². The van der Waals surface area contributed by atoms with E-state index < -0.39 is 5.97 Å². The summed E-state index contributed by atoms with van der Waals surface area (Å²) in [5.41, 5.74) is 2.43. The number of ether oxygens (including phenoxy) is 1. The van der Waals surface area contributed by atoms with Gasteiger partial charge in [0.05, 0.1) is 11.3 Å². The molecule has 1 N–H and O–H groups in total. The third-order valence-electron chi connectivity index (χ3n) is 4.11. The molecule has 0 spiro atoms. The fraction of sp³-hybridized carbons (Fsp3) is 0.0870. The van der Waals surface area contributed by atoms with Crippen molar-refractivity contribution in [3.8, 4) is 0 Å². The van der Waals surface area contributed by atoms with E-state index in [0.29, 0.717) is 16.8 Å². The van der Waals surface area contributed by atoms with Crippen molar-refractivity contribution in [2.45, 2.75) is 6.92 Å². The molecule has 5 nitrogen and oxygen atoms in total.